The molecular weight excluding hydrogens is 370 g/mol. The summed E-state index contributed by atoms with van der Waals surface area (Å²) in [6.07, 6.45) is -0.0465. The maximum Gasteiger partial charge on any atom is 0.163 e. The molecule has 2 aliphatic rings. The van der Waals surface area contributed by atoms with Crippen molar-refractivity contribution in [3.63, 3.8) is 0 Å². The number of hydrogen-bond donors (Lipinski definition) is 0. The maximum atomic E-state index is 6.53. The minimum atomic E-state index is -0.595. The van der Waals surface area contributed by atoms with E-state index in [2.05, 4.69) is 90.7 Å². The molecule has 1 saturated heterocycles. The van der Waals surface area contributed by atoms with Crippen LogP contribution < -0.4 is 0 Å². The molecule has 3 nitrogen and oxygen atoms in total. The lowest BCUT2D eigenvalue weighted by Gasteiger charge is -2.47. The van der Waals surface area contributed by atoms with Crippen molar-refractivity contribution in [2.45, 2.75) is 51.3 Å². The van der Waals surface area contributed by atoms with Crippen LogP contribution in [-0.2, 0) is 16.0 Å². The molecule has 0 radical (unpaired) electrons. The van der Waals surface area contributed by atoms with Gasteiger partial charge in [-0.2, -0.15) is 0 Å². The van der Waals surface area contributed by atoms with Gasteiger partial charge >= 0.3 is 0 Å². The van der Waals surface area contributed by atoms with Crippen molar-refractivity contribution >= 4 is 0 Å². The number of rotatable bonds is 2. The summed E-state index contributed by atoms with van der Waals surface area (Å²) in [5.74, 6) is -0.595. The second-order valence-electron chi connectivity index (χ2n) is 8.82. The first-order chi connectivity index (χ1) is 14.5. The summed E-state index contributed by atoms with van der Waals surface area (Å²) in [5, 5.41) is 0. The van der Waals surface area contributed by atoms with E-state index < -0.39 is 5.79 Å². The molecule has 30 heavy (non-hydrogen) atoms. The summed E-state index contributed by atoms with van der Waals surface area (Å²) in [4.78, 5) is 2.57. The van der Waals surface area contributed by atoms with Crippen LogP contribution in [-0.4, -0.2) is 23.3 Å². The van der Waals surface area contributed by atoms with Gasteiger partial charge in [0.1, 0.15) is 6.10 Å². The Bertz CT molecular complexity index is 1030. The molecule has 0 N–H and O–H groups in total. The van der Waals surface area contributed by atoms with E-state index in [-0.39, 0.29) is 18.2 Å². The lowest BCUT2D eigenvalue weighted by atomic mass is 9.94. The minimum Gasteiger partial charge on any atom is -0.349 e. The Morgan fingerprint density at radius 1 is 0.833 bits per heavy atom. The summed E-state index contributed by atoms with van der Waals surface area (Å²) in [7, 11) is 0. The Balaban J connectivity index is 1.60. The van der Waals surface area contributed by atoms with E-state index in [1.54, 1.807) is 0 Å². The van der Waals surface area contributed by atoms with Gasteiger partial charge < -0.3 is 9.47 Å². The van der Waals surface area contributed by atoms with E-state index in [9.17, 15) is 0 Å². The third-order valence-electron chi connectivity index (χ3n) is 6.48. The van der Waals surface area contributed by atoms with Gasteiger partial charge in [-0.05, 0) is 48.6 Å². The first kappa shape index (κ1) is 19.5. The molecule has 5 rings (SSSR count). The molecule has 1 fully saturated rings. The largest absolute Gasteiger partial charge is 0.349 e. The fourth-order valence-electron chi connectivity index (χ4n) is 4.94. The maximum absolute atomic E-state index is 6.53. The van der Waals surface area contributed by atoms with Crippen molar-refractivity contribution in [1.82, 2.24) is 4.90 Å². The summed E-state index contributed by atoms with van der Waals surface area (Å²) in [6, 6.07) is 28.5. The predicted molar refractivity (Wildman–Crippen MR) is 120 cm³/mol. The fourth-order valence-corrected chi connectivity index (χ4v) is 4.94. The topological polar surface area (TPSA) is 21.7 Å². The lowest BCUT2D eigenvalue weighted by molar-refractivity contribution is -0.299. The zero-order valence-corrected chi connectivity index (χ0v) is 17.9. The molecule has 0 aromatic heterocycles. The highest BCUT2D eigenvalue weighted by Gasteiger charge is 2.42. The number of ether oxygens (including phenoxy) is 2. The van der Waals surface area contributed by atoms with E-state index in [4.69, 9.17) is 9.47 Å². The van der Waals surface area contributed by atoms with E-state index >= 15 is 0 Å². The molecule has 3 heteroatoms. The quantitative estimate of drug-likeness (QED) is 0.518. The number of fused-ring (bicyclic) bond motifs is 3. The van der Waals surface area contributed by atoms with Crippen LogP contribution in [0.1, 0.15) is 49.6 Å². The van der Waals surface area contributed by atoms with Crippen LogP contribution in [0.5, 0.6) is 0 Å². The van der Waals surface area contributed by atoms with E-state index in [1.165, 1.54) is 27.8 Å². The molecule has 0 bridgehead atoms. The first-order valence-electron chi connectivity index (χ1n) is 10.8. The second kappa shape index (κ2) is 7.66. The Hall–Kier alpha value is -2.46. The van der Waals surface area contributed by atoms with Gasteiger partial charge in [0.05, 0.1) is 12.6 Å². The predicted octanol–water partition coefficient (Wildman–Crippen LogP) is 6.12. The van der Waals surface area contributed by atoms with Gasteiger partial charge in [0.2, 0.25) is 0 Å². The molecule has 154 valence electrons. The normalized spacial score (nSPS) is 25.8. The Labute approximate surface area is 179 Å². The van der Waals surface area contributed by atoms with Gasteiger partial charge in [0, 0.05) is 12.6 Å². The monoisotopic (exact) mass is 399 g/mol. The van der Waals surface area contributed by atoms with E-state index in [1.807, 2.05) is 13.8 Å². The molecule has 0 saturated carbocycles. The van der Waals surface area contributed by atoms with Gasteiger partial charge in [-0.15, -0.1) is 0 Å². The van der Waals surface area contributed by atoms with Crippen LogP contribution in [0.2, 0.25) is 0 Å². The first-order valence-corrected chi connectivity index (χ1v) is 10.8. The third kappa shape index (κ3) is 3.47. The Morgan fingerprint density at radius 3 is 2.30 bits per heavy atom. The van der Waals surface area contributed by atoms with Crippen molar-refractivity contribution in [2.24, 2.45) is 0 Å². The van der Waals surface area contributed by atoms with Crippen molar-refractivity contribution in [1.29, 1.82) is 0 Å². The van der Waals surface area contributed by atoms with Gasteiger partial charge in [0.25, 0.3) is 0 Å². The van der Waals surface area contributed by atoms with Crippen LogP contribution in [0.3, 0.4) is 0 Å². The highest BCUT2D eigenvalue weighted by Crippen LogP contribution is 2.43. The molecule has 3 aromatic rings. The highest BCUT2D eigenvalue weighted by molar-refractivity contribution is 5.72. The van der Waals surface area contributed by atoms with Gasteiger partial charge in [-0.1, -0.05) is 78.9 Å². The molecule has 0 aliphatic carbocycles. The van der Waals surface area contributed by atoms with Crippen LogP contribution >= 0.6 is 0 Å². The zero-order valence-electron chi connectivity index (χ0n) is 17.9. The lowest BCUT2D eigenvalue weighted by Crippen LogP contribution is -2.52. The molecule has 0 spiro atoms. The number of hydrogen-bond acceptors (Lipinski definition) is 3. The third-order valence-corrected chi connectivity index (χ3v) is 6.48. The van der Waals surface area contributed by atoms with Crippen molar-refractivity contribution in [3.8, 4) is 11.1 Å². The number of benzene rings is 3. The zero-order chi connectivity index (χ0) is 20.7. The van der Waals surface area contributed by atoms with Crippen molar-refractivity contribution in [2.75, 3.05) is 6.61 Å². The average molecular weight is 400 g/mol. The van der Waals surface area contributed by atoms with Crippen LogP contribution in [0, 0.1) is 0 Å². The fraction of sp³-hybridized carbons (Fsp3) is 0.333. The number of nitrogens with zero attached hydrogens (tertiary/aromatic N) is 1. The summed E-state index contributed by atoms with van der Waals surface area (Å²) < 4.78 is 12.7. The van der Waals surface area contributed by atoms with E-state index in [0.717, 1.165) is 6.54 Å². The molecule has 0 amide bonds. The molecule has 3 atom stereocenters. The van der Waals surface area contributed by atoms with Gasteiger partial charge in [-0.25, -0.2) is 0 Å². The van der Waals surface area contributed by atoms with Crippen LogP contribution in [0.25, 0.3) is 11.1 Å². The van der Waals surface area contributed by atoms with Gasteiger partial charge in [0.15, 0.2) is 5.79 Å². The standard InChI is InChI=1S/C27H29NO2/c1-19-22-14-9-10-16-24(22)23-15-8-7-13-21(23)17-28(19)25-18-29-27(2,3)30-26(25)20-11-5-4-6-12-20/h4-16,19,25-26H,17-18H2,1-3H3/t19-,25-,26-/m0/s1. The summed E-state index contributed by atoms with van der Waals surface area (Å²) >= 11 is 0. The van der Waals surface area contributed by atoms with Gasteiger partial charge in [-0.3, -0.25) is 4.90 Å². The molecule has 2 heterocycles. The molecule has 3 aromatic carbocycles. The smallest absolute Gasteiger partial charge is 0.163 e. The minimum absolute atomic E-state index is 0.0465. The SMILES string of the molecule is C[C@H]1c2ccccc2-c2ccccc2CN1[C@H]1COC(C)(C)O[C@H]1c1ccccc1. The van der Waals surface area contributed by atoms with Crippen molar-refractivity contribution < 1.29 is 9.47 Å². The Kier molecular flexibility index (Phi) is 4.98. The molecular formula is C27H29NO2. The summed E-state index contributed by atoms with van der Waals surface area (Å²) in [5.41, 5.74) is 6.58. The van der Waals surface area contributed by atoms with E-state index in [0.29, 0.717) is 6.61 Å². The average Bonchev–Trinajstić information content (AvgIpc) is 2.89. The second-order valence-corrected chi connectivity index (χ2v) is 8.82. The summed E-state index contributed by atoms with van der Waals surface area (Å²) in [6.45, 7) is 7.84. The highest BCUT2D eigenvalue weighted by atomic mass is 16.7. The molecule has 0 unspecified atom stereocenters. The van der Waals surface area contributed by atoms with Crippen LogP contribution in [0.4, 0.5) is 0 Å². The van der Waals surface area contributed by atoms with Crippen LogP contribution in [0.15, 0.2) is 78.9 Å². The Morgan fingerprint density at radius 2 is 1.50 bits per heavy atom. The van der Waals surface area contributed by atoms with Crippen molar-refractivity contribution in [3.05, 3.63) is 95.6 Å². The molecule has 2 aliphatic heterocycles.